The molecule has 0 aliphatic heterocycles. The summed E-state index contributed by atoms with van der Waals surface area (Å²) < 4.78 is 27.0. The number of hydrogen-bond acceptors (Lipinski definition) is 4. The Morgan fingerprint density at radius 2 is 1.77 bits per heavy atom. The van der Waals surface area contributed by atoms with Gasteiger partial charge in [-0.25, -0.2) is 18.6 Å². The van der Waals surface area contributed by atoms with E-state index in [0.717, 1.165) is 44.9 Å². The Kier molecular flexibility index (Phi) is 5.49. The maximum atomic E-state index is 13.7. The van der Waals surface area contributed by atoms with Gasteiger partial charge in [-0.3, -0.25) is 4.98 Å². The number of amides is 2. The minimum Gasteiger partial charge on any atom is -0.308 e. The fourth-order valence-electron chi connectivity index (χ4n) is 2.94. The largest absolute Gasteiger partial charge is 0.323 e. The highest BCUT2D eigenvalue weighted by molar-refractivity contribution is 7.15. The molecular weight excluding hydrogens is 406 g/mol. The first-order chi connectivity index (χ1) is 14.5. The molecule has 2 N–H and O–H groups in total. The van der Waals surface area contributed by atoms with E-state index in [1.807, 2.05) is 25.1 Å². The summed E-state index contributed by atoms with van der Waals surface area (Å²) in [6.45, 7) is 1.93. The summed E-state index contributed by atoms with van der Waals surface area (Å²) in [5.74, 6) is -1.36. The molecule has 2 heterocycles. The normalized spacial score (nSPS) is 10.6. The fraction of sp³-hybridized carbons (Fsp3) is 0.0455. The molecule has 0 unspecified atom stereocenters. The number of urea groups is 1. The third kappa shape index (κ3) is 4.33. The van der Waals surface area contributed by atoms with Gasteiger partial charge in [-0.1, -0.05) is 12.1 Å². The molecule has 0 bridgehead atoms. The van der Waals surface area contributed by atoms with Gasteiger partial charge in [0.15, 0.2) is 0 Å². The van der Waals surface area contributed by atoms with Gasteiger partial charge in [0.2, 0.25) is 0 Å². The van der Waals surface area contributed by atoms with Gasteiger partial charge < -0.3 is 10.6 Å². The van der Waals surface area contributed by atoms with Crippen molar-refractivity contribution in [1.29, 1.82) is 0 Å². The number of anilines is 2. The Balaban J connectivity index is 1.58. The average Bonchev–Trinajstić information content (AvgIpc) is 3.13. The fourth-order valence-corrected chi connectivity index (χ4v) is 3.88. The van der Waals surface area contributed by atoms with E-state index < -0.39 is 17.7 Å². The van der Waals surface area contributed by atoms with E-state index in [2.05, 4.69) is 20.6 Å². The lowest BCUT2D eigenvalue weighted by Crippen LogP contribution is -2.20. The number of carbonyl (C=O) groups is 1. The van der Waals surface area contributed by atoms with Gasteiger partial charge in [-0.2, -0.15) is 0 Å². The predicted molar refractivity (Wildman–Crippen MR) is 115 cm³/mol. The van der Waals surface area contributed by atoms with Crippen molar-refractivity contribution in [3.8, 4) is 21.7 Å². The van der Waals surface area contributed by atoms with Crippen LogP contribution in [0.2, 0.25) is 0 Å². The van der Waals surface area contributed by atoms with Crippen LogP contribution < -0.4 is 10.6 Å². The molecule has 2 aromatic heterocycles. The van der Waals surface area contributed by atoms with Crippen LogP contribution in [-0.2, 0) is 0 Å². The van der Waals surface area contributed by atoms with Gasteiger partial charge in [0.1, 0.15) is 11.6 Å². The number of benzene rings is 2. The molecule has 0 saturated heterocycles. The van der Waals surface area contributed by atoms with Crippen LogP contribution >= 0.6 is 11.3 Å². The second-order valence-corrected chi connectivity index (χ2v) is 7.63. The Hall–Kier alpha value is -3.65. The van der Waals surface area contributed by atoms with Crippen molar-refractivity contribution in [2.24, 2.45) is 0 Å². The van der Waals surface area contributed by atoms with Crippen LogP contribution in [0.15, 0.2) is 67.0 Å². The molecule has 4 aromatic rings. The lowest BCUT2D eigenvalue weighted by Gasteiger charge is -2.10. The number of carbonyl (C=O) groups excluding carboxylic acids is 1. The van der Waals surface area contributed by atoms with Crippen molar-refractivity contribution < 1.29 is 13.6 Å². The van der Waals surface area contributed by atoms with E-state index in [4.69, 9.17) is 0 Å². The molecule has 0 atom stereocenters. The maximum absolute atomic E-state index is 13.7. The zero-order chi connectivity index (χ0) is 21.1. The lowest BCUT2D eigenvalue weighted by molar-refractivity contribution is 0.262. The number of aryl methyl sites for hydroxylation is 1. The summed E-state index contributed by atoms with van der Waals surface area (Å²) >= 11 is 1.54. The van der Waals surface area contributed by atoms with E-state index in [-0.39, 0.29) is 5.69 Å². The van der Waals surface area contributed by atoms with Crippen molar-refractivity contribution in [2.75, 3.05) is 10.6 Å². The third-order valence-corrected chi connectivity index (χ3v) is 5.27. The Labute approximate surface area is 175 Å². The van der Waals surface area contributed by atoms with Crippen molar-refractivity contribution >= 4 is 28.7 Å². The van der Waals surface area contributed by atoms with Crippen molar-refractivity contribution in [2.45, 2.75) is 6.92 Å². The molecular formula is C22H16F2N4OS. The number of thiazole rings is 1. The van der Waals surface area contributed by atoms with Gasteiger partial charge in [-0.15, -0.1) is 11.3 Å². The number of rotatable bonds is 4. The first kappa shape index (κ1) is 19.7. The Morgan fingerprint density at radius 3 is 2.57 bits per heavy atom. The van der Waals surface area contributed by atoms with E-state index in [1.54, 1.807) is 41.9 Å². The monoisotopic (exact) mass is 422 g/mol. The van der Waals surface area contributed by atoms with Crippen LogP contribution in [0.4, 0.5) is 25.0 Å². The molecule has 0 aliphatic carbocycles. The van der Waals surface area contributed by atoms with Gasteiger partial charge in [0.25, 0.3) is 0 Å². The van der Waals surface area contributed by atoms with E-state index in [1.165, 1.54) is 0 Å². The number of nitrogens with zero attached hydrogens (tertiary/aromatic N) is 2. The van der Waals surface area contributed by atoms with E-state index in [0.29, 0.717) is 5.69 Å². The molecule has 0 fully saturated rings. The summed E-state index contributed by atoms with van der Waals surface area (Å²) in [7, 11) is 0. The first-order valence-electron chi connectivity index (χ1n) is 9.01. The van der Waals surface area contributed by atoms with Crippen LogP contribution in [0.3, 0.4) is 0 Å². The molecule has 5 nitrogen and oxygen atoms in total. The van der Waals surface area contributed by atoms with Gasteiger partial charge in [0, 0.05) is 29.7 Å². The predicted octanol–water partition coefficient (Wildman–Crippen LogP) is 6.10. The van der Waals surface area contributed by atoms with Gasteiger partial charge in [-0.05, 0) is 48.9 Å². The minimum atomic E-state index is -0.720. The molecule has 30 heavy (non-hydrogen) atoms. The highest BCUT2D eigenvalue weighted by Gasteiger charge is 2.14. The van der Waals surface area contributed by atoms with Crippen LogP contribution in [0.25, 0.3) is 21.7 Å². The number of aromatic nitrogens is 2. The summed E-state index contributed by atoms with van der Waals surface area (Å²) in [6.07, 6.45) is 3.42. The molecule has 0 radical (unpaired) electrons. The number of halogens is 2. The van der Waals surface area contributed by atoms with Gasteiger partial charge >= 0.3 is 6.03 Å². The quantitative estimate of drug-likeness (QED) is 0.417. The zero-order valence-corrected chi connectivity index (χ0v) is 16.6. The van der Waals surface area contributed by atoms with Crippen molar-refractivity contribution in [3.63, 3.8) is 0 Å². The van der Waals surface area contributed by atoms with Crippen LogP contribution in [0.5, 0.6) is 0 Å². The molecule has 150 valence electrons. The van der Waals surface area contributed by atoms with Crippen LogP contribution in [0.1, 0.15) is 5.01 Å². The molecule has 4 rings (SSSR count). The lowest BCUT2D eigenvalue weighted by atomic mass is 10.1. The summed E-state index contributed by atoms with van der Waals surface area (Å²) in [5, 5.41) is 5.88. The summed E-state index contributed by atoms with van der Waals surface area (Å²) in [5.41, 5.74) is 2.93. The molecule has 2 amide bonds. The average molecular weight is 422 g/mol. The number of nitrogens with one attached hydrogen (secondary N) is 2. The molecule has 0 aliphatic rings. The molecule has 2 aromatic carbocycles. The highest BCUT2D eigenvalue weighted by atomic mass is 32.1. The van der Waals surface area contributed by atoms with Crippen LogP contribution in [0, 0.1) is 18.6 Å². The topological polar surface area (TPSA) is 66.9 Å². The molecule has 0 spiro atoms. The molecule has 8 heteroatoms. The second-order valence-electron chi connectivity index (χ2n) is 6.43. The Morgan fingerprint density at radius 1 is 0.967 bits per heavy atom. The Bertz CT molecular complexity index is 1210. The smallest absolute Gasteiger partial charge is 0.308 e. The minimum absolute atomic E-state index is 0.235. The maximum Gasteiger partial charge on any atom is 0.323 e. The molecule has 0 saturated carbocycles. The van der Waals surface area contributed by atoms with Crippen LogP contribution in [-0.4, -0.2) is 16.0 Å². The van der Waals surface area contributed by atoms with Gasteiger partial charge in [0.05, 0.1) is 21.3 Å². The SMILES string of the molecule is Cc1nc(-c2ccncc2)c(-c2cccc(NC(=O)Nc3cc(F)ccc3F)c2)s1. The summed E-state index contributed by atoms with van der Waals surface area (Å²) in [6, 6.07) is 13.2. The summed E-state index contributed by atoms with van der Waals surface area (Å²) in [4.78, 5) is 21.9. The second kappa shape index (κ2) is 8.38. The number of pyridine rings is 1. The number of hydrogen-bond donors (Lipinski definition) is 2. The zero-order valence-electron chi connectivity index (χ0n) is 15.8. The third-order valence-electron chi connectivity index (χ3n) is 4.25. The highest BCUT2D eigenvalue weighted by Crippen LogP contribution is 2.37. The van der Waals surface area contributed by atoms with E-state index in [9.17, 15) is 13.6 Å². The van der Waals surface area contributed by atoms with E-state index >= 15 is 0 Å². The van der Waals surface area contributed by atoms with Crippen molar-refractivity contribution in [1.82, 2.24) is 9.97 Å². The standard InChI is InChI=1S/C22H16F2N4OS/c1-13-26-20(14-7-9-25-10-8-14)21(30-13)15-3-2-4-17(11-15)27-22(29)28-19-12-16(23)5-6-18(19)24/h2-12H,1H3,(H2,27,28,29). The van der Waals surface area contributed by atoms with Crippen molar-refractivity contribution in [3.05, 3.63) is 83.6 Å². The first-order valence-corrected chi connectivity index (χ1v) is 9.82.